The summed E-state index contributed by atoms with van der Waals surface area (Å²) in [4.78, 5) is 24.5. The third kappa shape index (κ3) is 9.98. The van der Waals surface area contributed by atoms with Gasteiger partial charge in [-0.25, -0.2) is 4.79 Å². The Morgan fingerprint density at radius 3 is 2.51 bits per heavy atom. The Labute approximate surface area is 238 Å². The number of rotatable bonds is 13. The zero-order valence-corrected chi connectivity index (χ0v) is 26.0. The summed E-state index contributed by atoms with van der Waals surface area (Å²) in [5, 5.41) is 16.9. The summed E-state index contributed by atoms with van der Waals surface area (Å²) in [5.41, 5.74) is 1.68. The molecule has 0 saturated carbocycles. The maximum Gasteiger partial charge on any atom is 0.326 e. The maximum atomic E-state index is 12.7. The van der Waals surface area contributed by atoms with Gasteiger partial charge < -0.3 is 19.6 Å². The number of carbonyl (C=O) groups excluding carboxylic acids is 1. The van der Waals surface area contributed by atoms with Crippen LogP contribution in [-0.4, -0.2) is 54.3 Å². The predicted octanol–water partition coefficient (Wildman–Crippen LogP) is 5.88. The number of amides is 1. The molecule has 0 aliphatic rings. The highest BCUT2D eigenvalue weighted by Gasteiger charge is 2.39. The summed E-state index contributed by atoms with van der Waals surface area (Å²) in [6.45, 7) is 13.1. The first-order valence-corrected chi connectivity index (χ1v) is 16.3. The van der Waals surface area contributed by atoms with E-state index >= 15 is 0 Å². The fraction of sp³-hybridized carbons (Fsp3) is 0.483. The van der Waals surface area contributed by atoms with E-state index in [0.29, 0.717) is 22.8 Å². The molecule has 2 rings (SSSR count). The lowest BCUT2D eigenvalue weighted by molar-refractivity contribution is -0.141. The number of methoxy groups -OCH3 is 1. The standard InChI is InChI=1S/C29H42ClN3O5Si/c1-20(12-13-22-18-31-33(5)19-22)25(38-39(7,8)29(2,3)4)10-9-11-27(34)32-24(28(35)36)17-21-14-15-26(37-6)23(30)16-21/h9,11-16,18-20,24-25H,10,17H2,1-8H3,(H,32,34)(H,35,36)/b11-9+,13-12+/t20-,24-,25+/m1/s1. The molecule has 3 atom stereocenters. The van der Waals surface area contributed by atoms with E-state index in [-0.39, 0.29) is 23.5 Å². The number of ether oxygens (including phenoxy) is 1. The number of aliphatic carboxylic acids is 1. The number of aryl methyl sites for hydroxylation is 1. The largest absolute Gasteiger partial charge is 0.495 e. The van der Waals surface area contributed by atoms with Crippen LogP contribution in [0.25, 0.3) is 6.08 Å². The van der Waals surface area contributed by atoms with Crippen LogP contribution in [0.2, 0.25) is 23.2 Å². The van der Waals surface area contributed by atoms with E-state index in [4.69, 9.17) is 20.8 Å². The Kier molecular flexibility index (Phi) is 11.6. The van der Waals surface area contributed by atoms with Crippen LogP contribution in [0, 0.1) is 5.92 Å². The number of carboxylic acid groups (broad SMARTS) is 1. The molecule has 214 valence electrons. The summed E-state index contributed by atoms with van der Waals surface area (Å²) in [6.07, 6.45) is 11.4. The molecule has 0 bridgehead atoms. The first-order chi connectivity index (χ1) is 18.1. The van der Waals surface area contributed by atoms with Crippen molar-refractivity contribution in [1.82, 2.24) is 15.1 Å². The molecule has 39 heavy (non-hydrogen) atoms. The molecule has 8 nitrogen and oxygen atoms in total. The highest BCUT2D eigenvalue weighted by molar-refractivity contribution is 6.74. The van der Waals surface area contributed by atoms with E-state index in [1.165, 1.54) is 13.2 Å². The number of nitrogens with one attached hydrogen (secondary N) is 1. The summed E-state index contributed by atoms with van der Waals surface area (Å²) in [5.74, 6) is -1.04. The highest BCUT2D eigenvalue weighted by Crippen LogP contribution is 2.38. The number of halogens is 1. The van der Waals surface area contributed by atoms with E-state index in [1.54, 1.807) is 35.2 Å². The van der Waals surface area contributed by atoms with E-state index in [2.05, 4.69) is 57.3 Å². The minimum absolute atomic E-state index is 0.0260. The maximum absolute atomic E-state index is 12.7. The van der Waals surface area contributed by atoms with Crippen molar-refractivity contribution in [2.45, 2.75) is 70.8 Å². The molecular weight excluding hydrogens is 534 g/mol. The van der Waals surface area contributed by atoms with Crippen LogP contribution in [0.1, 0.15) is 45.2 Å². The van der Waals surface area contributed by atoms with Gasteiger partial charge in [-0.3, -0.25) is 9.48 Å². The molecule has 0 aliphatic heterocycles. The Balaban J connectivity index is 2.11. The van der Waals surface area contributed by atoms with Crippen molar-refractivity contribution >= 4 is 37.9 Å². The zero-order chi connectivity index (χ0) is 29.4. The minimum Gasteiger partial charge on any atom is -0.495 e. The Bertz CT molecular complexity index is 1190. The van der Waals surface area contributed by atoms with Gasteiger partial charge in [-0.05, 0) is 54.2 Å². The number of hydrogen-bond acceptors (Lipinski definition) is 5. The van der Waals surface area contributed by atoms with Gasteiger partial charge in [0.15, 0.2) is 8.32 Å². The van der Waals surface area contributed by atoms with Gasteiger partial charge in [0.2, 0.25) is 5.91 Å². The second-order valence-corrected chi connectivity index (χ2v) is 16.5. The molecule has 0 radical (unpaired) electrons. The molecule has 2 aromatic rings. The smallest absolute Gasteiger partial charge is 0.326 e. The van der Waals surface area contributed by atoms with Crippen molar-refractivity contribution in [1.29, 1.82) is 0 Å². The first kappa shape index (κ1) is 32.3. The quantitative estimate of drug-likeness (QED) is 0.228. The number of benzene rings is 1. The van der Waals surface area contributed by atoms with Crippen LogP contribution in [0.5, 0.6) is 5.75 Å². The van der Waals surface area contributed by atoms with Gasteiger partial charge in [0.1, 0.15) is 11.8 Å². The van der Waals surface area contributed by atoms with Gasteiger partial charge in [0.25, 0.3) is 0 Å². The SMILES string of the molecule is COc1ccc(C[C@@H](NC(=O)/C=C/C[C@H](O[Si](C)(C)C(C)(C)C)[C@H](C)/C=C/c2cnn(C)c2)C(=O)O)cc1Cl. The Hall–Kier alpha value is -2.88. The van der Waals surface area contributed by atoms with Gasteiger partial charge in [0.05, 0.1) is 24.4 Å². The molecule has 0 spiro atoms. The van der Waals surface area contributed by atoms with E-state index < -0.39 is 26.2 Å². The number of aromatic nitrogens is 2. The third-order valence-electron chi connectivity index (χ3n) is 7.06. The summed E-state index contributed by atoms with van der Waals surface area (Å²) in [7, 11) is 1.29. The van der Waals surface area contributed by atoms with E-state index in [0.717, 1.165) is 5.56 Å². The molecule has 1 amide bonds. The molecule has 1 aromatic carbocycles. The summed E-state index contributed by atoms with van der Waals surface area (Å²) >= 11 is 6.17. The fourth-order valence-corrected chi connectivity index (χ4v) is 5.34. The van der Waals surface area contributed by atoms with Crippen molar-refractivity contribution in [2.75, 3.05) is 7.11 Å². The number of carbonyl (C=O) groups is 2. The molecule has 1 aromatic heterocycles. The van der Waals surface area contributed by atoms with Crippen LogP contribution >= 0.6 is 11.6 Å². The van der Waals surface area contributed by atoms with Crippen LogP contribution in [-0.2, 0) is 27.5 Å². The van der Waals surface area contributed by atoms with Gasteiger partial charge in [-0.2, -0.15) is 5.10 Å². The number of nitrogens with zero attached hydrogens (tertiary/aromatic N) is 2. The predicted molar refractivity (Wildman–Crippen MR) is 159 cm³/mol. The molecule has 0 unspecified atom stereocenters. The fourth-order valence-electron chi connectivity index (χ4n) is 3.64. The summed E-state index contributed by atoms with van der Waals surface area (Å²) < 4.78 is 13.6. The number of carboxylic acids is 1. The van der Waals surface area contributed by atoms with Crippen molar-refractivity contribution in [3.63, 3.8) is 0 Å². The minimum atomic E-state index is -2.09. The lowest BCUT2D eigenvalue weighted by Gasteiger charge is -2.40. The van der Waals surface area contributed by atoms with Crippen molar-refractivity contribution in [3.8, 4) is 5.75 Å². The first-order valence-electron chi connectivity index (χ1n) is 13.0. The van der Waals surface area contributed by atoms with Gasteiger partial charge in [0, 0.05) is 25.2 Å². The van der Waals surface area contributed by atoms with Crippen molar-refractivity contribution in [2.24, 2.45) is 13.0 Å². The zero-order valence-electron chi connectivity index (χ0n) is 24.2. The Morgan fingerprint density at radius 1 is 1.28 bits per heavy atom. The van der Waals surface area contributed by atoms with Crippen LogP contribution in [0.15, 0.2) is 48.8 Å². The average Bonchev–Trinajstić information content (AvgIpc) is 3.25. The number of hydrogen-bond donors (Lipinski definition) is 2. The van der Waals surface area contributed by atoms with Crippen LogP contribution < -0.4 is 10.1 Å². The molecule has 0 saturated heterocycles. The lowest BCUT2D eigenvalue weighted by atomic mass is 10.0. The van der Waals surface area contributed by atoms with Crippen molar-refractivity contribution in [3.05, 3.63) is 65.0 Å². The van der Waals surface area contributed by atoms with Gasteiger partial charge >= 0.3 is 5.97 Å². The molecule has 0 fully saturated rings. The van der Waals surface area contributed by atoms with Crippen LogP contribution in [0.4, 0.5) is 0 Å². The molecule has 0 aliphatic carbocycles. The Morgan fingerprint density at radius 2 is 1.97 bits per heavy atom. The second kappa shape index (κ2) is 14.0. The van der Waals surface area contributed by atoms with E-state index in [9.17, 15) is 14.7 Å². The molecule has 2 N–H and O–H groups in total. The highest BCUT2D eigenvalue weighted by atomic mass is 35.5. The normalized spacial score (nSPS) is 14.9. The monoisotopic (exact) mass is 575 g/mol. The molecule has 10 heteroatoms. The summed E-state index contributed by atoms with van der Waals surface area (Å²) in [6, 6.07) is 3.94. The molecule has 1 heterocycles. The van der Waals surface area contributed by atoms with E-state index in [1.807, 2.05) is 19.3 Å². The molecular formula is C29H42ClN3O5Si. The average molecular weight is 576 g/mol. The van der Waals surface area contributed by atoms with Crippen LogP contribution in [0.3, 0.4) is 0 Å². The topological polar surface area (TPSA) is 103 Å². The second-order valence-electron chi connectivity index (χ2n) is 11.3. The van der Waals surface area contributed by atoms with Gasteiger partial charge in [-0.1, -0.05) is 63.6 Å². The van der Waals surface area contributed by atoms with Crippen molar-refractivity contribution < 1.29 is 23.9 Å². The lowest BCUT2D eigenvalue weighted by Crippen LogP contribution is -2.45. The third-order valence-corrected chi connectivity index (χ3v) is 11.9. The van der Waals surface area contributed by atoms with Gasteiger partial charge in [-0.15, -0.1) is 0 Å².